The molecule has 0 radical (unpaired) electrons. The Hall–Kier alpha value is -0.290. The lowest BCUT2D eigenvalue weighted by Crippen LogP contribution is -2.36. The molecular formula is C12H15BrCl2N2O. The van der Waals surface area contributed by atoms with E-state index in [1.807, 2.05) is 13.8 Å². The van der Waals surface area contributed by atoms with E-state index in [-0.39, 0.29) is 5.91 Å². The van der Waals surface area contributed by atoms with E-state index in [2.05, 4.69) is 21.2 Å². The number of carbonyl (C=O) groups is 1. The fourth-order valence-electron chi connectivity index (χ4n) is 1.46. The van der Waals surface area contributed by atoms with E-state index in [0.717, 1.165) is 0 Å². The molecule has 1 rings (SSSR count). The van der Waals surface area contributed by atoms with Gasteiger partial charge in [0.15, 0.2) is 0 Å². The van der Waals surface area contributed by atoms with Gasteiger partial charge in [0.05, 0.1) is 21.8 Å². The maximum atomic E-state index is 11.8. The maximum Gasteiger partial charge on any atom is 0.241 e. The van der Waals surface area contributed by atoms with Gasteiger partial charge in [-0.1, -0.05) is 37.0 Å². The second-order valence-electron chi connectivity index (χ2n) is 4.45. The summed E-state index contributed by atoms with van der Waals surface area (Å²) in [6, 6.07) is 2.85. The minimum Gasteiger partial charge on any atom is -0.323 e. The average molecular weight is 354 g/mol. The SMILES string of the molecule is CC(C)C[C@@H](N)C(=O)Nc1ccc(Br)c(Cl)c1Cl. The van der Waals surface area contributed by atoms with E-state index < -0.39 is 6.04 Å². The summed E-state index contributed by atoms with van der Waals surface area (Å²) in [5, 5.41) is 3.35. The normalized spacial score (nSPS) is 12.6. The summed E-state index contributed by atoms with van der Waals surface area (Å²) in [4.78, 5) is 11.8. The van der Waals surface area contributed by atoms with Crippen molar-refractivity contribution in [3.05, 3.63) is 26.7 Å². The Morgan fingerprint density at radius 2 is 2.00 bits per heavy atom. The van der Waals surface area contributed by atoms with Gasteiger partial charge in [-0.25, -0.2) is 0 Å². The number of nitrogens with one attached hydrogen (secondary N) is 1. The molecule has 0 saturated heterocycles. The van der Waals surface area contributed by atoms with Crippen LogP contribution in [0.15, 0.2) is 16.6 Å². The molecular weight excluding hydrogens is 339 g/mol. The van der Waals surface area contributed by atoms with Crippen molar-refractivity contribution in [1.29, 1.82) is 0 Å². The van der Waals surface area contributed by atoms with E-state index in [9.17, 15) is 4.79 Å². The lowest BCUT2D eigenvalue weighted by Gasteiger charge is -2.15. The van der Waals surface area contributed by atoms with Gasteiger partial charge in [-0.15, -0.1) is 0 Å². The fourth-order valence-corrected chi connectivity index (χ4v) is 2.28. The standard InChI is InChI=1S/C12H15BrCl2N2O/c1-6(2)5-8(16)12(18)17-9-4-3-7(13)10(14)11(9)15/h3-4,6,8H,5,16H2,1-2H3,(H,17,18)/t8-/m1/s1. The summed E-state index contributed by atoms with van der Waals surface area (Å²) < 4.78 is 0.679. The average Bonchev–Trinajstić information content (AvgIpc) is 2.29. The molecule has 0 spiro atoms. The Morgan fingerprint density at radius 1 is 1.39 bits per heavy atom. The molecule has 3 nitrogen and oxygen atoms in total. The van der Waals surface area contributed by atoms with Crippen LogP contribution in [0.25, 0.3) is 0 Å². The molecule has 1 aromatic carbocycles. The highest BCUT2D eigenvalue weighted by molar-refractivity contribution is 9.10. The van der Waals surface area contributed by atoms with Crippen LogP contribution in [0.2, 0.25) is 10.0 Å². The number of amides is 1. The van der Waals surface area contributed by atoms with Crippen molar-refractivity contribution in [1.82, 2.24) is 0 Å². The number of hydrogen-bond donors (Lipinski definition) is 2. The van der Waals surface area contributed by atoms with Crippen LogP contribution >= 0.6 is 39.1 Å². The predicted molar refractivity (Wildman–Crippen MR) is 80.2 cm³/mol. The van der Waals surface area contributed by atoms with Gasteiger partial charge in [-0.2, -0.15) is 0 Å². The van der Waals surface area contributed by atoms with Crippen molar-refractivity contribution >= 4 is 50.7 Å². The van der Waals surface area contributed by atoms with Crippen molar-refractivity contribution in [2.45, 2.75) is 26.3 Å². The number of nitrogens with two attached hydrogens (primary N) is 1. The van der Waals surface area contributed by atoms with Crippen LogP contribution in [0.4, 0.5) is 5.69 Å². The van der Waals surface area contributed by atoms with Gasteiger partial charge in [0.2, 0.25) is 5.91 Å². The lowest BCUT2D eigenvalue weighted by atomic mass is 10.0. The van der Waals surface area contributed by atoms with Gasteiger partial charge in [-0.3, -0.25) is 4.79 Å². The predicted octanol–water partition coefficient (Wildman–Crippen LogP) is 4.07. The highest BCUT2D eigenvalue weighted by atomic mass is 79.9. The number of hydrogen-bond acceptors (Lipinski definition) is 2. The van der Waals surface area contributed by atoms with Crippen LogP contribution in [-0.2, 0) is 4.79 Å². The molecule has 100 valence electrons. The van der Waals surface area contributed by atoms with Crippen molar-refractivity contribution < 1.29 is 4.79 Å². The monoisotopic (exact) mass is 352 g/mol. The topological polar surface area (TPSA) is 55.1 Å². The minimum atomic E-state index is -0.552. The zero-order valence-corrected chi connectivity index (χ0v) is 13.2. The number of rotatable bonds is 4. The largest absolute Gasteiger partial charge is 0.323 e. The van der Waals surface area contributed by atoms with Crippen LogP contribution in [0.5, 0.6) is 0 Å². The van der Waals surface area contributed by atoms with E-state index in [1.54, 1.807) is 12.1 Å². The zero-order valence-electron chi connectivity index (χ0n) is 10.1. The molecule has 0 saturated carbocycles. The zero-order chi connectivity index (χ0) is 13.9. The molecule has 0 unspecified atom stereocenters. The highest BCUT2D eigenvalue weighted by Gasteiger charge is 2.17. The molecule has 0 fully saturated rings. The molecule has 0 bridgehead atoms. The Kier molecular flexibility index (Phi) is 5.92. The lowest BCUT2D eigenvalue weighted by molar-refractivity contribution is -0.117. The molecule has 3 N–H and O–H groups in total. The summed E-state index contributed by atoms with van der Waals surface area (Å²) in [5.41, 5.74) is 6.25. The van der Waals surface area contributed by atoms with Gasteiger partial charge in [-0.05, 0) is 40.4 Å². The Bertz CT molecular complexity index is 452. The van der Waals surface area contributed by atoms with Crippen molar-refractivity contribution in [2.24, 2.45) is 11.7 Å². The third-order valence-electron chi connectivity index (χ3n) is 2.36. The van der Waals surface area contributed by atoms with E-state index >= 15 is 0 Å². The molecule has 1 amide bonds. The quantitative estimate of drug-likeness (QED) is 0.801. The van der Waals surface area contributed by atoms with Crippen molar-refractivity contribution in [2.75, 3.05) is 5.32 Å². The molecule has 0 heterocycles. The molecule has 6 heteroatoms. The van der Waals surface area contributed by atoms with Gasteiger partial charge < -0.3 is 11.1 Å². The minimum absolute atomic E-state index is 0.260. The first kappa shape index (κ1) is 15.8. The van der Waals surface area contributed by atoms with Gasteiger partial charge in [0.25, 0.3) is 0 Å². The molecule has 0 aromatic heterocycles. The highest BCUT2D eigenvalue weighted by Crippen LogP contribution is 2.35. The molecule has 18 heavy (non-hydrogen) atoms. The van der Waals surface area contributed by atoms with E-state index in [0.29, 0.717) is 32.5 Å². The van der Waals surface area contributed by atoms with Gasteiger partial charge in [0.1, 0.15) is 0 Å². The molecule has 0 aliphatic heterocycles. The first-order valence-corrected chi connectivity index (χ1v) is 7.07. The second-order valence-corrected chi connectivity index (χ2v) is 6.06. The third kappa shape index (κ3) is 4.12. The first-order valence-electron chi connectivity index (χ1n) is 5.52. The van der Waals surface area contributed by atoms with Crippen molar-refractivity contribution in [3.63, 3.8) is 0 Å². The summed E-state index contributed by atoms with van der Waals surface area (Å²) in [6.07, 6.45) is 0.619. The first-order chi connectivity index (χ1) is 8.32. The van der Waals surface area contributed by atoms with Crippen molar-refractivity contribution in [3.8, 4) is 0 Å². The summed E-state index contributed by atoms with van der Waals surface area (Å²) in [7, 11) is 0. The Balaban J connectivity index is 2.79. The Morgan fingerprint density at radius 3 is 2.56 bits per heavy atom. The van der Waals surface area contributed by atoms with E-state index in [4.69, 9.17) is 28.9 Å². The number of anilines is 1. The van der Waals surface area contributed by atoms with Gasteiger partial charge >= 0.3 is 0 Å². The van der Waals surface area contributed by atoms with Crippen LogP contribution in [0.3, 0.4) is 0 Å². The summed E-state index contributed by atoms with van der Waals surface area (Å²) in [5.74, 6) is 0.0960. The van der Waals surface area contributed by atoms with Crippen LogP contribution in [0.1, 0.15) is 20.3 Å². The van der Waals surface area contributed by atoms with Crippen LogP contribution in [0, 0.1) is 5.92 Å². The van der Waals surface area contributed by atoms with Crippen LogP contribution < -0.4 is 11.1 Å². The number of halogens is 3. The second kappa shape index (κ2) is 6.75. The summed E-state index contributed by atoms with van der Waals surface area (Å²) >= 11 is 15.3. The Labute approximate surface area is 125 Å². The van der Waals surface area contributed by atoms with E-state index in [1.165, 1.54) is 0 Å². The number of carbonyl (C=O) groups excluding carboxylic acids is 1. The number of benzene rings is 1. The maximum absolute atomic E-state index is 11.8. The molecule has 1 atom stereocenters. The molecule has 1 aromatic rings. The summed E-state index contributed by atoms with van der Waals surface area (Å²) in [6.45, 7) is 4.02. The smallest absolute Gasteiger partial charge is 0.241 e. The third-order valence-corrected chi connectivity index (χ3v) is 4.13. The van der Waals surface area contributed by atoms with Gasteiger partial charge in [0, 0.05) is 4.47 Å². The molecule has 0 aliphatic rings. The molecule has 0 aliphatic carbocycles. The fraction of sp³-hybridized carbons (Fsp3) is 0.417. The van der Waals surface area contributed by atoms with Crippen LogP contribution in [-0.4, -0.2) is 11.9 Å².